The van der Waals surface area contributed by atoms with Crippen LogP contribution in [0.5, 0.6) is 0 Å². The maximum atomic E-state index is 13.4. The normalized spacial score (nSPS) is 13.1. The quantitative estimate of drug-likeness (QED) is 0.686. The first-order valence-electron chi connectivity index (χ1n) is 9.04. The molecule has 0 saturated heterocycles. The van der Waals surface area contributed by atoms with Crippen molar-refractivity contribution in [2.45, 2.75) is 32.6 Å². The largest absolute Gasteiger partial charge is 0.275 e. The van der Waals surface area contributed by atoms with E-state index in [2.05, 4.69) is 6.07 Å². The number of hydrogen-bond donors (Lipinski definition) is 0. The molecule has 0 atom stereocenters. The van der Waals surface area contributed by atoms with E-state index in [0.29, 0.717) is 5.56 Å². The Balaban J connectivity index is 2.18. The molecule has 0 unspecified atom stereocenters. The van der Waals surface area contributed by atoms with Crippen LogP contribution in [0.3, 0.4) is 0 Å². The zero-order chi connectivity index (χ0) is 18.1. The van der Waals surface area contributed by atoms with Gasteiger partial charge in [-0.15, -0.1) is 0 Å². The van der Waals surface area contributed by atoms with Crippen molar-refractivity contribution in [3.8, 4) is 23.0 Å². The summed E-state index contributed by atoms with van der Waals surface area (Å²) in [5, 5.41) is 9.71. The van der Waals surface area contributed by atoms with Crippen molar-refractivity contribution in [2.75, 3.05) is 0 Å². The molecule has 3 heteroatoms. The van der Waals surface area contributed by atoms with Crippen molar-refractivity contribution in [2.24, 2.45) is 0 Å². The van der Waals surface area contributed by atoms with Crippen LogP contribution in [-0.4, -0.2) is 4.57 Å². The highest BCUT2D eigenvalue weighted by molar-refractivity contribution is 5.70. The minimum absolute atomic E-state index is 0.207. The fourth-order valence-electron chi connectivity index (χ4n) is 3.98. The molecule has 1 heterocycles. The van der Waals surface area contributed by atoms with Crippen LogP contribution in [0.1, 0.15) is 35.1 Å². The van der Waals surface area contributed by atoms with E-state index >= 15 is 0 Å². The van der Waals surface area contributed by atoms with Gasteiger partial charge in [-0.25, -0.2) is 0 Å². The molecule has 1 aliphatic rings. The third kappa shape index (κ3) is 2.55. The number of aryl methyl sites for hydroxylation is 1. The maximum Gasteiger partial charge on any atom is 0.273 e. The molecule has 1 aliphatic carbocycles. The highest BCUT2D eigenvalue weighted by atomic mass is 16.1. The molecule has 0 saturated carbocycles. The Labute approximate surface area is 153 Å². The zero-order valence-corrected chi connectivity index (χ0v) is 14.8. The number of aromatic nitrogens is 1. The van der Waals surface area contributed by atoms with Crippen LogP contribution < -0.4 is 5.56 Å². The second kappa shape index (κ2) is 6.65. The first-order valence-corrected chi connectivity index (χ1v) is 9.04. The molecule has 0 radical (unpaired) electrons. The molecular weight excluding hydrogens is 320 g/mol. The van der Waals surface area contributed by atoms with E-state index in [0.717, 1.165) is 59.3 Å². The first-order chi connectivity index (χ1) is 12.7. The van der Waals surface area contributed by atoms with Gasteiger partial charge in [0.25, 0.3) is 5.56 Å². The van der Waals surface area contributed by atoms with Crippen molar-refractivity contribution in [1.82, 2.24) is 4.57 Å². The summed E-state index contributed by atoms with van der Waals surface area (Å²) in [4.78, 5) is 13.4. The van der Waals surface area contributed by atoms with Gasteiger partial charge in [0, 0.05) is 0 Å². The molecule has 0 spiro atoms. The third-order valence-electron chi connectivity index (χ3n) is 5.21. The highest BCUT2D eigenvalue weighted by Crippen LogP contribution is 2.34. The number of para-hydroxylation sites is 1. The number of nitriles is 1. The first kappa shape index (κ1) is 16.4. The lowest BCUT2D eigenvalue weighted by atomic mass is 9.86. The molecule has 0 amide bonds. The molecule has 4 rings (SSSR count). The van der Waals surface area contributed by atoms with Gasteiger partial charge in [-0.3, -0.25) is 9.36 Å². The van der Waals surface area contributed by atoms with Crippen molar-refractivity contribution in [3.63, 3.8) is 0 Å². The van der Waals surface area contributed by atoms with Gasteiger partial charge in [0.2, 0.25) is 0 Å². The van der Waals surface area contributed by atoms with Crippen molar-refractivity contribution >= 4 is 0 Å². The second-order valence-corrected chi connectivity index (χ2v) is 6.79. The number of rotatable bonds is 2. The van der Waals surface area contributed by atoms with Crippen LogP contribution in [0.2, 0.25) is 0 Å². The molecule has 0 N–H and O–H groups in total. The summed E-state index contributed by atoms with van der Waals surface area (Å²) < 4.78 is 1.76. The summed E-state index contributed by atoms with van der Waals surface area (Å²) in [7, 11) is 0. The molecule has 128 valence electrons. The molecule has 26 heavy (non-hydrogen) atoms. The van der Waals surface area contributed by atoms with Gasteiger partial charge in [-0.05, 0) is 60.9 Å². The number of benzene rings is 2. The summed E-state index contributed by atoms with van der Waals surface area (Å²) in [6, 6.07) is 20.1. The Kier molecular flexibility index (Phi) is 4.18. The third-order valence-corrected chi connectivity index (χ3v) is 5.21. The average molecular weight is 340 g/mol. The van der Waals surface area contributed by atoms with Gasteiger partial charge < -0.3 is 0 Å². The van der Waals surface area contributed by atoms with Crippen LogP contribution >= 0.6 is 0 Å². The standard InChI is InChI=1S/C23H20N2O/c1-16-9-5-8-14-21(16)25-22(17-10-3-2-4-11-17)19-13-7-6-12-18(19)20(15-24)23(25)26/h2-5,8-11,14H,6-7,12-13H2,1H3. The number of pyridine rings is 1. The van der Waals surface area contributed by atoms with Crippen LogP contribution in [-0.2, 0) is 12.8 Å². The van der Waals surface area contributed by atoms with E-state index in [1.165, 1.54) is 0 Å². The Hall–Kier alpha value is -3.12. The predicted molar refractivity (Wildman–Crippen MR) is 104 cm³/mol. The van der Waals surface area contributed by atoms with E-state index in [1.807, 2.05) is 61.5 Å². The van der Waals surface area contributed by atoms with Crippen molar-refractivity contribution in [1.29, 1.82) is 5.26 Å². The van der Waals surface area contributed by atoms with E-state index in [9.17, 15) is 10.1 Å². The van der Waals surface area contributed by atoms with Crippen molar-refractivity contribution in [3.05, 3.63) is 87.2 Å². The van der Waals surface area contributed by atoms with E-state index in [-0.39, 0.29) is 5.56 Å². The maximum absolute atomic E-state index is 13.4. The minimum atomic E-state index is -0.207. The summed E-state index contributed by atoms with van der Waals surface area (Å²) in [5.74, 6) is 0. The van der Waals surface area contributed by atoms with E-state index < -0.39 is 0 Å². The summed E-state index contributed by atoms with van der Waals surface area (Å²) >= 11 is 0. The van der Waals surface area contributed by atoms with Crippen LogP contribution in [0, 0.1) is 18.3 Å². The smallest absolute Gasteiger partial charge is 0.273 e. The van der Waals surface area contributed by atoms with Gasteiger partial charge in [-0.2, -0.15) is 5.26 Å². The molecule has 2 aromatic carbocycles. The van der Waals surface area contributed by atoms with Gasteiger partial charge in [-0.1, -0.05) is 48.5 Å². The Morgan fingerprint density at radius 2 is 1.58 bits per heavy atom. The SMILES string of the molecule is Cc1ccccc1-n1c(-c2ccccc2)c2c(c(C#N)c1=O)CCCC2. The molecule has 3 aromatic rings. The fourth-order valence-corrected chi connectivity index (χ4v) is 3.98. The van der Waals surface area contributed by atoms with Crippen LogP contribution in [0.15, 0.2) is 59.4 Å². The average Bonchev–Trinajstić information content (AvgIpc) is 2.68. The number of hydrogen-bond acceptors (Lipinski definition) is 2. The zero-order valence-electron chi connectivity index (χ0n) is 14.8. The molecule has 0 bridgehead atoms. The monoisotopic (exact) mass is 340 g/mol. The van der Waals surface area contributed by atoms with Gasteiger partial charge in [0.05, 0.1) is 11.4 Å². The summed E-state index contributed by atoms with van der Waals surface area (Å²) in [6.45, 7) is 2.00. The lowest BCUT2D eigenvalue weighted by Gasteiger charge is -2.25. The molecule has 3 nitrogen and oxygen atoms in total. The van der Waals surface area contributed by atoms with Crippen molar-refractivity contribution < 1.29 is 0 Å². The topological polar surface area (TPSA) is 45.8 Å². The molecule has 1 aromatic heterocycles. The van der Waals surface area contributed by atoms with Gasteiger partial charge >= 0.3 is 0 Å². The van der Waals surface area contributed by atoms with E-state index in [1.54, 1.807) is 4.57 Å². The minimum Gasteiger partial charge on any atom is -0.275 e. The summed E-state index contributed by atoms with van der Waals surface area (Å²) in [6.07, 6.45) is 3.83. The van der Waals surface area contributed by atoms with E-state index in [4.69, 9.17) is 0 Å². The lowest BCUT2D eigenvalue weighted by Crippen LogP contribution is -2.28. The lowest BCUT2D eigenvalue weighted by molar-refractivity contribution is 0.675. The predicted octanol–water partition coefficient (Wildman–Crippen LogP) is 4.56. The Morgan fingerprint density at radius 1 is 0.923 bits per heavy atom. The fraction of sp³-hybridized carbons (Fsp3) is 0.217. The number of fused-ring (bicyclic) bond motifs is 1. The number of nitrogens with zero attached hydrogens (tertiary/aromatic N) is 2. The molecule has 0 fully saturated rings. The highest BCUT2D eigenvalue weighted by Gasteiger charge is 2.25. The Morgan fingerprint density at radius 3 is 2.27 bits per heavy atom. The van der Waals surface area contributed by atoms with Gasteiger partial charge in [0.1, 0.15) is 11.6 Å². The molecule has 0 aliphatic heterocycles. The molecular formula is C23H20N2O. The Bertz CT molecular complexity index is 1070. The van der Waals surface area contributed by atoms with Gasteiger partial charge in [0.15, 0.2) is 0 Å². The van der Waals surface area contributed by atoms with Crippen LogP contribution in [0.25, 0.3) is 16.9 Å². The summed E-state index contributed by atoms with van der Waals surface area (Å²) in [5.41, 5.74) is 6.04. The van der Waals surface area contributed by atoms with Crippen LogP contribution in [0.4, 0.5) is 0 Å². The second-order valence-electron chi connectivity index (χ2n) is 6.79.